The van der Waals surface area contributed by atoms with Crippen molar-refractivity contribution < 1.29 is 13.2 Å². The fourth-order valence-corrected chi connectivity index (χ4v) is 2.90. The molecule has 0 aliphatic carbocycles. The topological polar surface area (TPSA) is 55.4 Å². The number of hydrogen-bond donors (Lipinski definition) is 1. The van der Waals surface area contributed by atoms with Gasteiger partial charge < -0.3 is 4.74 Å². The molecule has 4 nitrogen and oxygen atoms in total. The molecule has 0 bridgehead atoms. The van der Waals surface area contributed by atoms with Gasteiger partial charge in [0.2, 0.25) is 10.0 Å². The Kier molecular flexibility index (Phi) is 5.56. The average molecular weight is 235 g/mol. The fourth-order valence-electron chi connectivity index (χ4n) is 1.65. The van der Waals surface area contributed by atoms with Crippen molar-refractivity contribution in [3.05, 3.63) is 0 Å². The van der Waals surface area contributed by atoms with Crippen molar-refractivity contribution >= 4 is 10.0 Å². The van der Waals surface area contributed by atoms with E-state index in [1.165, 1.54) is 0 Å². The lowest BCUT2D eigenvalue weighted by atomic mass is 10.2. The van der Waals surface area contributed by atoms with Crippen LogP contribution in [-0.4, -0.2) is 33.4 Å². The summed E-state index contributed by atoms with van der Waals surface area (Å²) in [6, 6.07) is 0. The van der Waals surface area contributed by atoms with Gasteiger partial charge in [-0.25, -0.2) is 13.1 Å². The second-order valence-electron chi connectivity index (χ2n) is 3.99. The van der Waals surface area contributed by atoms with Crippen LogP contribution in [0.1, 0.15) is 39.0 Å². The highest BCUT2D eigenvalue weighted by atomic mass is 32.2. The van der Waals surface area contributed by atoms with Crippen LogP contribution in [0, 0.1) is 0 Å². The van der Waals surface area contributed by atoms with Crippen molar-refractivity contribution in [3.63, 3.8) is 0 Å². The number of hydrogen-bond acceptors (Lipinski definition) is 3. The molecular weight excluding hydrogens is 214 g/mol. The van der Waals surface area contributed by atoms with E-state index in [0.29, 0.717) is 6.54 Å². The highest BCUT2D eigenvalue weighted by Gasteiger charge is 2.16. The molecule has 1 fully saturated rings. The second kappa shape index (κ2) is 6.45. The quantitative estimate of drug-likeness (QED) is 0.723. The highest BCUT2D eigenvalue weighted by Crippen LogP contribution is 2.14. The fraction of sp³-hybridized carbons (Fsp3) is 1.00. The van der Waals surface area contributed by atoms with Gasteiger partial charge in [0.1, 0.15) is 0 Å². The highest BCUT2D eigenvalue weighted by molar-refractivity contribution is 7.89. The van der Waals surface area contributed by atoms with E-state index in [1.54, 1.807) is 0 Å². The van der Waals surface area contributed by atoms with Crippen LogP contribution in [0.3, 0.4) is 0 Å². The summed E-state index contributed by atoms with van der Waals surface area (Å²) in [5.41, 5.74) is 0. The third-order valence-electron chi connectivity index (χ3n) is 2.58. The van der Waals surface area contributed by atoms with Crippen LogP contribution in [-0.2, 0) is 14.8 Å². The average Bonchev–Trinajstić information content (AvgIpc) is 2.67. The van der Waals surface area contributed by atoms with Gasteiger partial charge in [0, 0.05) is 13.2 Å². The predicted molar refractivity (Wildman–Crippen MR) is 60.3 cm³/mol. The molecule has 0 saturated carbocycles. The van der Waals surface area contributed by atoms with E-state index in [4.69, 9.17) is 4.74 Å². The first kappa shape index (κ1) is 12.9. The molecule has 1 N–H and O–H groups in total. The number of rotatable bonds is 7. The third kappa shape index (κ3) is 5.49. The van der Waals surface area contributed by atoms with Crippen molar-refractivity contribution in [1.29, 1.82) is 0 Å². The minimum absolute atomic E-state index is 0.245. The molecule has 0 aromatic rings. The minimum Gasteiger partial charge on any atom is -0.378 e. The molecule has 0 spiro atoms. The van der Waals surface area contributed by atoms with Crippen LogP contribution >= 0.6 is 0 Å². The van der Waals surface area contributed by atoms with Gasteiger partial charge in [-0.1, -0.05) is 13.3 Å². The van der Waals surface area contributed by atoms with Crippen molar-refractivity contribution in [2.45, 2.75) is 45.1 Å². The van der Waals surface area contributed by atoms with Crippen LogP contribution in [0.4, 0.5) is 0 Å². The molecular formula is C10H21NO3S. The lowest BCUT2D eigenvalue weighted by molar-refractivity contribution is 0.105. The molecule has 0 aromatic heterocycles. The molecule has 0 amide bonds. The van der Waals surface area contributed by atoms with Crippen LogP contribution < -0.4 is 4.72 Å². The van der Waals surface area contributed by atoms with Crippen molar-refractivity contribution in [1.82, 2.24) is 4.72 Å². The molecule has 5 heteroatoms. The smallest absolute Gasteiger partial charge is 0.211 e. The van der Waals surface area contributed by atoms with Crippen molar-refractivity contribution in [2.75, 3.05) is 18.9 Å². The molecule has 0 radical (unpaired) electrons. The SMILES string of the molecule is CCCCS(=O)(=O)NCCC1CCCO1. The molecule has 1 saturated heterocycles. The van der Waals surface area contributed by atoms with Crippen molar-refractivity contribution in [2.24, 2.45) is 0 Å². The standard InChI is InChI=1S/C10H21NO3S/c1-2-3-9-15(12,13)11-7-6-10-5-4-8-14-10/h10-11H,2-9H2,1H3. The molecule has 1 heterocycles. The zero-order chi connectivity index (χ0) is 11.1. The predicted octanol–water partition coefficient (Wildman–Crippen LogP) is 1.27. The molecule has 90 valence electrons. The van der Waals surface area contributed by atoms with Gasteiger partial charge >= 0.3 is 0 Å². The van der Waals surface area contributed by atoms with Gasteiger partial charge in [0.25, 0.3) is 0 Å². The summed E-state index contributed by atoms with van der Waals surface area (Å²) >= 11 is 0. The first-order valence-corrected chi connectivity index (χ1v) is 7.38. The van der Waals surface area contributed by atoms with Gasteiger partial charge in [-0.05, 0) is 25.7 Å². The van der Waals surface area contributed by atoms with Crippen LogP contribution in [0.25, 0.3) is 0 Å². The zero-order valence-corrected chi connectivity index (χ0v) is 10.2. The van der Waals surface area contributed by atoms with Crippen LogP contribution in [0.2, 0.25) is 0 Å². The Morgan fingerprint density at radius 1 is 1.47 bits per heavy atom. The van der Waals surface area contributed by atoms with Gasteiger partial charge in [-0.15, -0.1) is 0 Å². The Labute approximate surface area is 92.4 Å². The van der Waals surface area contributed by atoms with Gasteiger partial charge in [0.05, 0.1) is 11.9 Å². The molecule has 1 atom stereocenters. The number of nitrogens with one attached hydrogen (secondary N) is 1. The van der Waals surface area contributed by atoms with E-state index in [-0.39, 0.29) is 11.9 Å². The summed E-state index contributed by atoms with van der Waals surface area (Å²) in [6.07, 6.45) is 4.87. The summed E-state index contributed by atoms with van der Waals surface area (Å²) in [6.45, 7) is 3.33. The van der Waals surface area contributed by atoms with E-state index in [0.717, 1.165) is 38.7 Å². The maximum atomic E-state index is 11.4. The summed E-state index contributed by atoms with van der Waals surface area (Å²) < 4.78 is 30.8. The zero-order valence-electron chi connectivity index (χ0n) is 9.37. The van der Waals surface area contributed by atoms with Gasteiger partial charge in [-0.3, -0.25) is 0 Å². The van der Waals surface area contributed by atoms with Crippen LogP contribution in [0.5, 0.6) is 0 Å². The lowest BCUT2D eigenvalue weighted by Crippen LogP contribution is -2.29. The number of unbranched alkanes of at least 4 members (excludes halogenated alkanes) is 1. The Bertz CT molecular complexity index is 258. The third-order valence-corrected chi connectivity index (χ3v) is 4.05. The molecule has 1 aliphatic rings. The summed E-state index contributed by atoms with van der Waals surface area (Å²) in [5, 5.41) is 0. The second-order valence-corrected chi connectivity index (χ2v) is 5.92. The largest absolute Gasteiger partial charge is 0.378 e. The van der Waals surface area contributed by atoms with E-state index < -0.39 is 10.0 Å². The first-order valence-electron chi connectivity index (χ1n) is 5.73. The molecule has 0 aromatic carbocycles. The van der Waals surface area contributed by atoms with Gasteiger partial charge in [-0.2, -0.15) is 0 Å². The molecule has 1 aliphatic heterocycles. The maximum absolute atomic E-state index is 11.4. The maximum Gasteiger partial charge on any atom is 0.211 e. The summed E-state index contributed by atoms with van der Waals surface area (Å²) in [5.74, 6) is 0.245. The van der Waals surface area contributed by atoms with E-state index in [1.807, 2.05) is 6.92 Å². The first-order chi connectivity index (χ1) is 7.14. The van der Waals surface area contributed by atoms with E-state index in [9.17, 15) is 8.42 Å². The Hall–Kier alpha value is -0.130. The van der Waals surface area contributed by atoms with E-state index >= 15 is 0 Å². The summed E-state index contributed by atoms with van der Waals surface area (Å²) in [7, 11) is -3.04. The van der Waals surface area contributed by atoms with E-state index in [2.05, 4.69) is 4.72 Å². The lowest BCUT2D eigenvalue weighted by Gasteiger charge is -2.10. The van der Waals surface area contributed by atoms with Gasteiger partial charge in [0.15, 0.2) is 0 Å². The van der Waals surface area contributed by atoms with Crippen molar-refractivity contribution in [3.8, 4) is 0 Å². The summed E-state index contributed by atoms with van der Waals surface area (Å²) in [4.78, 5) is 0. The Morgan fingerprint density at radius 2 is 2.27 bits per heavy atom. The number of ether oxygens (including phenoxy) is 1. The molecule has 15 heavy (non-hydrogen) atoms. The monoisotopic (exact) mass is 235 g/mol. The molecule has 1 rings (SSSR count). The Morgan fingerprint density at radius 3 is 2.87 bits per heavy atom. The normalized spacial score (nSPS) is 22.1. The molecule has 1 unspecified atom stereocenters. The number of sulfonamides is 1. The van der Waals surface area contributed by atoms with Crippen LogP contribution in [0.15, 0.2) is 0 Å². The Balaban J connectivity index is 2.12. The minimum atomic E-state index is -3.04.